The summed E-state index contributed by atoms with van der Waals surface area (Å²) < 4.78 is 0. The molecule has 0 spiro atoms. The molecule has 12 heavy (non-hydrogen) atoms. The summed E-state index contributed by atoms with van der Waals surface area (Å²) in [4.78, 5) is 10.9. The van der Waals surface area contributed by atoms with E-state index < -0.39 is 0 Å². The molecule has 0 aromatic rings. The maximum atomic E-state index is 10.9. The highest BCUT2D eigenvalue weighted by atomic mass is 16.1. The first-order valence-electron chi connectivity index (χ1n) is 4.97. The van der Waals surface area contributed by atoms with Crippen LogP contribution in [0.3, 0.4) is 0 Å². The molecule has 0 aromatic heterocycles. The van der Waals surface area contributed by atoms with Gasteiger partial charge in [-0.1, -0.05) is 26.2 Å². The molecule has 70 valence electrons. The third-order valence-electron chi connectivity index (χ3n) is 2.75. The fourth-order valence-electron chi connectivity index (χ4n) is 1.97. The molecule has 1 aliphatic carbocycles. The Hall–Kier alpha value is -0.530. The predicted octanol–water partition coefficient (Wildman–Crippen LogP) is 2.09. The van der Waals surface area contributed by atoms with Crippen LogP contribution in [0.1, 0.15) is 46.0 Å². The van der Waals surface area contributed by atoms with Gasteiger partial charge >= 0.3 is 0 Å². The molecular formula is C10H19NO. The lowest BCUT2D eigenvalue weighted by Crippen LogP contribution is -2.37. The number of hydrogen-bond donors (Lipinski definition) is 1. The van der Waals surface area contributed by atoms with Crippen molar-refractivity contribution in [3.8, 4) is 0 Å². The smallest absolute Gasteiger partial charge is 0.217 e. The molecule has 2 nitrogen and oxygen atoms in total. The second kappa shape index (κ2) is 4.48. The zero-order chi connectivity index (χ0) is 8.97. The molecule has 2 atom stereocenters. The lowest BCUT2D eigenvalue weighted by Gasteiger charge is -2.21. The molecule has 0 saturated heterocycles. The first-order valence-corrected chi connectivity index (χ1v) is 4.97. The van der Waals surface area contributed by atoms with E-state index in [9.17, 15) is 4.79 Å². The van der Waals surface area contributed by atoms with Crippen molar-refractivity contribution in [2.24, 2.45) is 5.92 Å². The number of nitrogens with one attached hydrogen (secondary N) is 1. The van der Waals surface area contributed by atoms with Crippen LogP contribution in [0.2, 0.25) is 0 Å². The predicted molar refractivity (Wildman–Crippen MR) is 49.9 cm³/mol. The Morgan fingerprint density at radius 2 is 1.92 bits per heavy atom. The van der Waals surface area contributed by atoms with Gasteiger partial charge in [-0.3, -0.25) is 4.79 Å². The van der Waals surface area contributed by atoms with E-state index in [0.717, 1.165) is 0 Å². The van der Waals surface area contributed by atoms with E-state index in [-0.39, 0.29) is 5.91 Å². The van der Waals surface area contributed by atoms with Crippen molar-refractivity contribution in [3.05, 3.63) is 0 Å². The van der Waals surface area contributed by atoms with E-state index in [1.54, 1.807) is 6.92 Å². The van der Waals surface area contributed by atoms with E-state index in [0.29, 0.717) is 12.0 Å². The molecule has 2 unspecified atom stereocenters. The Morgan fingerprint density at radius 1 is 1.25 bits per heavy atom. The van der Waals surface area contributed by atoms with Crippen molar-refractivity contribution >= 4 is 5.91 Å². The lowest BCUT2D eigenvalue weighted by atomic mass is 9.97. The molecule has 0 aromatic carbocycles. The average Bonchev–Trinajstić information content (AvgIpc) is 2.16. The van der Waals surface area contributed by atoms with E-state index in [1.165, 1.54) is 32.1 Å². The summed E-state index contributed by atoms with van der Waals surface area (Å²) >= 11 is 0. The van der Waals surface area contributed by atoms with Gasteiger partial charge in [-0.05, 0) is 18.8 Å². The van der Waals surface area contributed by atoms with Gasteiger partial charge in [0.1, 0.15) is 0 Å². The first kappa shape index (κ1) is 9.56. The van der Waals surface area contributed by atoms with Crippen LogP contribution in [0.4, 0.5) is 0 Å². The fourth-order valence-corrected chi connectivity index (χ4v) is 1.97. The lowest BCUT2D eigenvalue weighted by molar-refractivity contribution is -0.120. The Bertz CT molecular complexity index is 156. The zero-order valence-electron chi connectivity index (χ0n) is 8.10. The van der Waals surface area contributed by atoms with Gasteiger partial charge < -0.3 is 5.32 Å². The molecule has 0 bridgehead atoms. The molecule has 0 aliphatic heterocycles. The van der Waals surface area contributed by atoms with Crippen LogP contribution in [0.15, 0.2) is 0 Å². The van der Waals surface area contributed by atoms with Crippen LogP contribution in [-0.4, -0.2) is 11.9 Å². The summed E-state index contributed by atoms with van der Waals surface area (Å²) in [5.41, 5.74) is 0. The van der Waals surface area contributed by atoms with E-state index in [1.807, 2.05) is 0 Å². The van der Waals surface area contributed by atoms with Gasteiger partial charge in [0.2, 0.25) is 5.91 Å². The summed E-state index contributed by atoms with van der Waals surface area (Å²) in [6, 6.07) is 0.435. The standard InChI is InChI=1S/C10H19NO/c1-8-6-4-3-5-7-10(8)11-9(2)12/h8,10H,3-7H2,1-2H3,(H,11,12). The molecule has 1 rings (SSSR count). The topological polar surface area (TPSA) is 29.1 Å². The molecule has 1 fully saturated rings. The summed E-state index contributed by atoms with van der Waals surface area (Å²) in [5.74, 6) is 0.783. The number of carbonyl (C=O) groups is 1. The highest BCUT2D eigenvalue weighted by Gasteiger charge is 2.19. The quantitative estimate of drug-likeness (QED) is 0.598. The highest BCUT2D eigenvalue weighted by Crippen LogP contribution is 2.22. The Morgan fingerprint density at radius 3 is 2.58 bits per heavy atom. The summed E-state index contributed by atoms with van der Waals surface area (Å²) in [7, 11) is 0. The molecule has 1 N–H and O–H groups in total. The monoisotopic (exact) mass is 169 g/mol. The third-order valence-corrected chi connectivity index (χ3v) is 2.75. The van der Waals surface area contributed by atoms with Crippen LogP contribution in [0.5, 0.6) is 0 Å². The van der Waals surface area contributed by atoms with Gasteiger partial charge in [0.15, 0.2) is 0 Å². The van der Waals surface area contributed by atoms with Crippen molar-refractivity contribution in [3.63, 3.8) is 0 Å². The minimum absolute atomic E-state index is 0.119. The molecule has 1 saturated carbocycles. The van der Waals surface area contributed by atoms with Crippen LogP contribution in [0, 0.1) is 5.92 Å². The number of hydrogen-bond acceptors (Lipinski definition) is 1. The molecule has 1 aliphatic rings. The van der Waals surface area contributed by atoms with E-state index >= 15 is 0 Å². The fraction of sp³-hybridized carbons (Fsp3) is 0.900. The average molecular weight is 169 g/mol. The van der Waals surface area contributed by atoms with Gasteiger partial charge in [0.05, 0.1) is 0 Å². The summed E-state index contributed by atoms with van der Waals surface area (Å²) in [5, 5.41) is 3.03. The summed E-state index contributed by atoms with van der Waals surface area (Å²) in [6.07, 6.45) is 6.37. The van der Waals surface area contributed by atoms with Crippen LogP contribution >= 0.6 is 0 Å². The van der Waals surface area contributed by atoms with Crippen LogP contribution < -0.4 is 5.32 Å². The Kier molecular flexibility index (Phi) is 3.57. The maximum Gasteiger partial charge on any atom is 0.217 e. The number of rotatable bonds is 1. The molecular weight excluding hydrogens is 150 g/mol. The highest BCUT2D eigenvalue weighted by molar-refractivity contribution is 5.73. The second-order valence-corrected chi connectivity index (χ2v) is 3.92. The second-order valence-electron chi connectivity index (χ2n) is 3.92. The minimum atomic E-state index is 0.119. The molecule has 0 heterocycles. The normalized spacial score (nSPS) is 30.8. The van der Waals surface area contributed by atoms with Crippen LogP contribution in [-0.2, 0) is 4.79 Å². The van der Waals surface area contributed by atoms with Gasteiger partial charge in [-0.25, -0.2) is 0 Å². The van der Waals surface area contributed by atoms with Crippen molar-refractivity contribution in [1.82, 2.24) is 5.32 Å². The van der Waals surface area contributed by atoms with Gasteiger partial charge in [0.25, 0.3) is 0 Å². The number of amides is 1. The Balaban J connectivity index is 2.41. The van der Waals surface area contributed by atoms with E-state index in [2.05, 4.69) is 12.2 Å². The van der Waals surface area contributed by atoms with Crippen molar-refractivity contribution < 1.29 is 4.79 Å². The Labute approximate surface area is 74.7 Å². The zero-order valence-corrected chi connectivity index (χ0v) is 8.10. The molecule has 2 heteroatoms. The summed E-state index contributed by atoms with van der Waals surface area (Å²) in [6.45, 7) is 3.85. The number of carbonyl (C=O) groups excluding carboxylic acids is 1. The van der Waals surface area contributed by atoms with Crippen molar-refractivity contribution in [2.45, 2.75) is 52.0 Å². The molecule has 1 amide bonds. The van der Waals surface area contributed by atoms with Crippen LogP contribution in [0.25, 0.3) is 0 Å². The molecule has 0 radical (unpaired) electrons. The van der Waals surface area contributed by atoms with Gasteiger partial charge in [-0.2, -0.15) is 0 Å². The van der Waals surface area contributed by atoms with Gasteiger partial charge in [-0.15, -0.1) is 0 Å². The third kappa shape index (κ3) is 2.84. The first-order chi connectivity index (χ1) is 5.70. The minimum Gasteiger partial charge on any atom is -0.353 e. The largest absolute Gasteiger partial charge is 0.353 e. The van der Waals surface area contributed by atoms with Crippen molar-refractivity contribution in [1.29, 1.82) is 0 Å². The van der Waals surface area contributed by atoms with E-state index in [4.69, 9.17) is 0 Å². The van der Waals surface area contributed by atoms with Crippen molar-refractivity contribution in [2.75, 3.05) is 0 Å². The maximum absolute atomic E-state index is 10.9. The SMILES string of the molecule is CC(=O)NC1CCCCCC1C. The van der Waals surface area contributed by atoms with Gasteiger partial charge in [0, 0.05) is 13.0 Å².